The zero-order valence-corrected chi connectivity index (χ0v) is 20.3. The van der Waals surface area contributed by atoms with Gasteiger partial charge in [0.15, 0.2) is 0 Å². The molecule has 1 fully saturated rings. The maximum atomic E-state index is 14.0. The molecule has 4 aromatic rings. The minimum Gasteiger partial charge on any atom is -0.315 e. The van der Waals surface area contributed by atoms with Gasteiger partial charge in [-0.2, -0.15) is 0 Å². The maximum Gasteiger partial charge on any atom is 0.259 e. The molecule has 0 unspecified atom stereocenters. The van der Waals surface area contributed by atoms with Gasteiger partial charge in [0.1, 0.15) is 11.5 Å². The van der Waals surface area contributed by atoms with Gasteiger partial charge in [-0.25, -0.2) is 4.98 Å². The van der Waals surface area contributed by atoms with Crippen molar-refractivity contribution in [2.75, 3.05) is 18.0 Å². The van der Waals surface area contributed by atoms with E-state index in [1.165, 1.54) is 0 Å². The molecule has 1 aliphatic rings. The van der Waals surface area contributed by atoms with Crippen molar-refractivity contribution in [2.45, 2.75) is 32.7 Å². The van der Waals surface area contributed by atoms with E-state index in [1.807, 2.05) is 68.3 Å². The molecule has 1 N–H and O–H groups in total. The molecule has 7 nitrogen and oxygen atoms in total. The molecular formula is C26H27ClN6O. The number of carbonyl (C=O) groups is 1. The summed E-state index contributed by atoms with van der Waals surface area (Å²) in [6.07, 6.45) is 3.68. The lowest BCUT2D eigenvalue weighted by molar-refractivity contribution is 0.0972. The van der Waals surface area contributed by atoms with E-state index in [-0.39, 0.29) is 11.9 Å². The van der Waals surface area contributed by atoms with Crippen molar-refractivity contribution in [1.29, 1.82) is 0 Å². The minimum absolute atomic E-state index is 0.0105. The van der Waals surface area contributed by atoms with Crippen LogP contribution in [0.3, 0.4) is 0 Å². The van der Waals surface area contributed by atoms with Gasteiger partial charge in [-0.15, -0.1) is 5.10 Å². The molecule has 5 rings (SSSR count). The predicted molar refractivity (Wildman–Crippen MR) is 135 cm³/mol. The zero-order valence-electron chi connectivity index (χ0n) is 19.5. The molecule has 0 bridgehead atoms. The SMILES string of the molecule is Cc1cc(Cl)cc2ccnc(N(C(=O)c3ccc(-c4nnn(C)c4C)cc3)[C@@H]3CCCNC3)c12. The quantitative estimate of drug-likeness (QED) is 0.464. The third-order valence-electron chi connectivity index (χ3n) is 6.60. The summed E-state index contributed by atoms with van der Waals surface area (Å²) in [5, 5.41) is 14.4. The second-order valence-corrected chi connectivity index (χ2v) is 9.29. The molecular weight excluding hydrogens is 448 g/mol. The summed E-state index contributed by atoms with van der Waals surface area (Å²) >= 11 is 6.32. The summed E-state index contributed by atoms with van der Waals surface area (Å²) in [7, 11) is 1.87. The number of rotatable bonds is 4. The second-order valence-electron chi connectivity index (χ2n) is 8.86. The molecule has 34 heavy (non-hydrogen) atoms. The summed E-state index contributed by atoms with van der Waals surface area (Å²) in [6.45, 7) is 5.68. The first-order valence-corrected chi connectivity index (χ1v) is 11.9. The van der Waals surface area contributed by atoms with E-state index in [9.17, 15) is 4.79 Å². The van der Waals surface area contributed by atoms with Crippen LogP contribution < -0.4 is 10.2 Å². The van der Waals surface area contributed by atoms with Gasteiger partial charge < -0.3 is 5.32 Å². The molecule has 1 amide bonds. The standard InChI is InChI=1S/C26H27ClN6O/c1-16-13-21(27)14-20-10-12-29-25(23(16)20)33(22-5-4-11-28-15-22)26(34)19-8-6-18(7-9-19)24-17(2)32(3)31-30-24/h6-10,12-14,22,28H,4-5,11,15H2,1-3H3/t22-/m1/s1. The lowest BCUT2D eigenvalue weighted by atomic mass is 10.0. The highest BCUT2D eigenvalue weighted by Gasteiger charge is 2.30. The van der Waals surface area contributed by atoms with Crippen molar-refractivity contribution < 1.29 is 4.79 Å². The number of amides is 1. The highest BCUT2D eigenvalue weighted by atomic mass is 35.5. The van der Waals surface area contributed by atoms with Gasteiger partial charge in [-0.1, -0.05) is 28.9 Å². The molecule has 0 saturated carbocycles. The lowest BCUT2D eigenvalue weighted by Gasteiger charge is -2.35. The number of carbonyl (C=O) groups excluding carboxylic acids is 1. The summed E-state index contributed by atoms with van der Waals surface area (Å²) < 4.78 is 1.74. The van der Waals surface area contributed by atoms with Crippen LogP contribution in [0, 0.1) is 13.8 Å². The number of fused-ring (bicyclic) bond motifs is 1. The average Bonchev–Trinajstić information content (AvgIpc) is 3.18. The first-order chi connectivity index (χ1) is 16.4. The van der Waals surface area contributed by atoms with E-state index in [0.29, 0.717) is 16.4 Å². The Morgan fingerprint density at radius 2 is 1.97 bits per heavy atom. The van der Waals surface area contributed by atoms with Crippen LogP contribution in [0.1, 0.15) is 34.5 Å². The second kappa shape index (κ2) is 9.16. The van der Waals surface area contributed by atoms with Crippen LogP contribution in [0.2, 0.25) is 5.02 Å². The number of nitrogens with one attached hydrogen (secondary N) is 1. The van der Waals surface area contributed by atoms with Gasteiger partial charge in [0, 0.05) is 41.3 Å². The number of hydrogen-bond acceptors (Lipinski definition) is 5. The fourth-order valence-corrected chi connectivity index (χ4v) is 4.99. The average molecular weight is 475 g/mol. The van der Waals surface area contributed by atoms with Crippen molar-refractivity contribution in [3.63, 3.8) is 0 Å². The Morgan fingerprint density at radius 1 is 1.18 bits per heavy atom. The normalized spacial score (nSPS) is 16.1. The fourth-order valence-electron chi connectivity index (χ4n) is 4.71. The van der Waals surface area contributed by atoms with Crippen LogP contribution >= 0.6 is 11.6 Å². The Hall–Kier alpha value is -3.29. The number of halogens is 1. The monoisotopic (exact) mass is 474 g/mol. The molecule has 2 aromatic heterocycles. The van der Waals surface area contributed by atoms with Gasteiger partial charge in [0.25, 0.3) is 5.91 Å². The molecule has 0 aliphatic carbocycles. The van der Waals surface area contributed by atoms with Crippen LogP contribution in [0.5, 0.6) is 0 Å². The molecule has 0 spiro atoms. The topological polar surface area (TPSA) is 75.9 Å². The van der Waals surface area contributed by atoms with Crippen LogP contribution in [0.15, 0.2) is 48.7 Å². The Morgan fingerprint density at radius 3 is 2.65 bits per heavy atom. The maximum absolute atomic E-state index is 14.0. The Labute approximate surface area is 203 Å². The molecule has 1 aliphatic heterocycles. The van der Waals surface area contributed by atoms with Crippen molar-refractivity contribution in [3.8, 4) is 11.3 Å². The molecule has 1 atom stereocenters. The van der Waals surface area contributed by atoms with Crippen molar-refractivity contribution in [3.05, 3.63) is 70.5 Å². The van der Waals surface area contributed by atoms with E-state index >= 15 is 0 Å². The molecule has 1 saturated heterocycles. The summed E-state index contributed by atoms with van der Waals surface area (Å²) in [5.74, 6) is 0.615. The van der Waals surface area contributed by atoms with Gasteiger partial charge in [-0.05, 0) is 74.5 Å². The number of aryl methyl sites for hydroxylation is 2. The lowest BCUT2D eigenvalue weighted by Crippen LogP contribution is -2.49. The summed E-state index contributed by atoms with van der Waals surface area (Å²) in [6, 6.07) is 13.4. The first kappa shape index (κ1) is 22.5. The van der Waals surface area contributed by atoms with Crippen LogP contribution in [-0.2, 0) is 7.05 Å². The summed E-state index contributed by atoms with van der Waals surface area (Å²) in [4.78, 5) is 20.6. The van der Waals surface area contributed by atoms with Gasteiger partial charge in [0.05, 0.1) is 11.7 Å². The fraction of sp³-hybridized carbons (Fsp3) is 0.308. The third kappa shape index (κ3) is 4.06. The predicted octanol–water partition coefficient (Wildman–Crippen LogP) is 4.70. The number of anilines is 1. The van der Waals surface area contributed by atoms with E-state index in [2.05, 4.69) is 15.6 Å². The van der Waals surface area contributed by atoms with Crippen molar-refractivity contribution in [1.82, 2.24) is 25.3 Å². The molecule has 3 heterocycles. The molecule has 174 valence electrons. The van der Waals surface area contributed by atoms with E-state index in [0.717, 1.165) is 59.2 Å². The van der Waals surface area contributed by atoms with Crippen molar-refractivity contribution in [2.24, 2.45) is 7.05 Å². The van der Waals surface area contributed by atoms with Gasteiger partial charge >= 0.3 is 0 Å². The van der Waals surface area contributed by atoms with E-state index in [4.69, 9.17) is 16.6 Å². The summed E-state index contributed by atoms with van der Waals surface area (Å²) in [5.41, 5.74) is 4.34. The first-order valence-electron chi connectivity index (χ1n) is 11.5. The Bertz CT molecular complexity index is 1360. The zero-order chi connectivity index (χ0) is 23.8. The molecule has 8 heteroatoms. The van der Waals surface area contributed by atoms with Crippen LogP contribution in [-0.4, -0.2) is 45.0 Å². The van der Waals surface area contributed by atoms with Crippen LogP contribution in [0.4, 0.5) is 5.82 Å². The number of benzene rings is 2. The highest BCUT2D eigenvalue weighted by molar-refractivity contribution is 6.31. The minimum atomic E-state index is -0.0644. The molecule has 0 radical (unpaired) electrons. The highest BCUT2D eigenvalue weighted by Crippen LogP contribution is 2.33. The van der Waals surface area contributed by atoms with Crippen LogP contribution in [0.25, 0.3) is 22.0 Å². The third-order valence-corrected chi connectivity index (χ3v) is 6.82. The number of nitrogens with zero attached hydrogens (tertiary/aromatic N) is 5. The number of aromatic nitrogens is 4. The van der Waals surface area contributed by atoms with Crippen molar-refractivity contribution >= 4 is 34.1 Å². The van der Waals surface area contributed by atoms with Gasteiger partial charge in [-0.3, -0.25) is 14.4 Å². The largest absolute Gasteiger partial charge is 0.315 e. The van der Waals surface area contributed by atoms with Gasteiger partial charge in [0.2, 0.25) is 0 Å². The molecule has 2 aromatic carbocycles. The Balaban J connectivity index is 1.58. The van der Waals surface area contributed by atoms with E-state index < -0.39 is 0 Å². The Kier molecular flexibility index (Phi) is 6.06. The number of pyridine rings is 1. The smallest absolute Gasteiger partial charge is 0.259 e. The number of piperidine rings is 1. The van der Waals surface area contributed by atoms with E-state index in [1.54, 1.807) is 10.9 Å². The number of hydrogen-bond donors (Lipinski definition) is 1.